The molecule has 1 heterocycles. The van der Waals surface area contributed by atoms with Gasteiger partial charge in [-0.3, -0.25) is 0 Å². The minimum absolute atomic E-state index is 0.0108. The molecule has 2 N–H and O–H groups in total. The zero-order chi connectivity index (χ0) is 13.1. The van der Waals surface area contributed by atoms with Gasteiger partial charge in [-0.05, 0) is 32.0 Å². The minimum atomic E-state index is -0.0108. The molecule has 4 heteroatoms. The van der Waals surface area contributed by atoms with E-state index in [0.717, 1.165) is 16.8 Å². The van der Waals surface area contributed by atoms with Gasteiger partial charge in [0.1, 0.15) is 10.9 Å². The first-order valence-electron chi connectivity index (χ1n) is 5.74. The molecule has 1 atom stereocenters. The zero-order valence-electron chi connectivity index (χ0n) is 10.3. The molecule has 0 aliphatic carbocycles. The van der Waals surface area contributed by atoms with Gasteiger partial charge in [0.25, 0.3) is 0 Å². The number of hydrogen-bond donors (Lipinski definition) is 2. The molecule has 1 aromatic heterocycles. The maximum Gasteiger partial charge on any atom is 0.131 e. The van der Waals surface area contributed by atoms with Crippen LogP contribution in [0.3, 0.4) is 0 Å². The fourth-order valence-electron chi connectivity index (χ4n) is 1.84. The fourth-order valence-corrected chi connectivity index (χ4v) is 2.01. The van der Waals surface area contributed by atoms with E-state index in [4.69, 9.17) is 11.6 Å². The van der Waals surface area contributed by atoms with Gasteiger partial charge in [0.2, 0.25) is 0 Å². The average molecular weight is 263 g/mol. The summed E-state index contributed by atoms with van der Waals surface area (Å²) in [6.45, 7) is 3.99. The second-order valence-electron chi connectivity index (χ2n) is 4.30. The lowest BCUT2D eigenvalue weighted by Crippen LogP contribution is -2.07. The molecule has 0 spiro atoms. The van der Waals surface area contributed by atoms with Crippen molar-refractivity contribution in [2.45, 2.75) is 19.9 Å². The Balaban J connectivity index is 2.21. The quantitative estimate of drug-likeness (QED) is 0.824. The summed E-state index contributed by atoms with van der Waals surface area (Å²) in [6, 6.07) is 9.15. The van der Waals surface area contributed by atoms with Crippen LogP contribution >= 0.6 is 11.6 Å². The van der Waals surface area contributed by atoms with Crippen LogP contribution in [0.5, 0.6) is 5.75 Å². The number of pyridine rings is 1. The van der Waals surface area contributed by atoms with E-state index < -0.39 is 0 Å². The summed E-state index contributed by atoms with van der Waals surface area (Å²) in [7, 11) is 0. The second kappa shape index (κ2) is 5.27. The van der Waals surface area contributed by atoms with E-state index >= 15 is 0 Å². The number of aromatic nitrogens is 1. The number of aromatic hydroxyl groups is 1. The van der Waals surface area contributed by atoms with Crippen molar-refractivity contribution < 1.29 is 5.11 Å². The summed E-state index contributed by atoms with van der Waals surface area (Å²) in [5.41, 5.74) is 2.86. The molecule has 1 unspecified atom stereocenters. The second-order valence-corrected chi connectivity index (χ2v) is 4.68. The van der Waals surface area contributed by atoms with Crippen LogP contribution in [0.4, 0.5) is 5.69 Å². The molecular formula is C14H15ClN2O. The Kier molecular flexibility index (Phi) is 3.72. The number of rotatable bonds is 3. The number of nitrogens with one attached hydrogen (secondary N) is 1. The molecule has 0 bridgehead atoms. The Morgan fingerprint density at radius 2 is 2.06 bits per heavy atom. The van der Waals surface area contributed by atoms with Gasteiger partial charge in [0.15, 0.2) is 0 Å². The molecule has 0 saturated carbocycles. The Morgan fingerprint density at radius 3 is 2.78 bits per heavy atom. The fraction of sp³-hybridized carbons (Fsp3) is 0.214. The van der Waals surface area contributed by atoms with Crippen molar-refractivity contribution in [3.8, 4) is 5.75 Å². The van der Waals surface area contributed by atoms with Crippen LogP contribution in [-0.2, 0) is 0 Å². The summed E-state index contributed by atoms with van der Waals surface area (Å²) >= 11 is 5.83. The monoisotopic (exact) mass is 262 g/mol. The van der Waals surface area contributed by atoms with Crippen molar-refractivity contribution in [2.75, 3.05) is 5.32 Å². The van der Waals surface area contributed by atoms with Crippen LogP contribution in [0.1, 0.15) is 24.1 Å². The molecule has 2 rings (SSSR count). The molecule has 0 saturated heterocycles. The van der Waals surface area contributed by atoms with Crippen LogP contribution in [0.2, 0.25) is 5.15 Å². The van der Waals surface area contributed by atoms with Gasteiger partial charge in [0.05, 0.1) is 6.04 Å². The number of nitrogens with zero attached hydrogens (tertiary/aromatic N) is 1. The van der Waals surface area contributed by atoms with Crippen molar-refractivity contribution >= 4 is 17.3 Å². The highest BCUT2D eigenvalue weighted by atomic mass is 35.5. The highest BCUT2D eigenvalue weighted by molar-refractivity contribution is 6.29. The standard InChI is InChI=1S/C14H15ClN2O/c1-9-3-4-13(18)12(7-9)10(2)17-11-5-6-16-14(15)8-11/h3-8,10,18H,1-2H3,(H,16,17). The summed E-state index contributed by atoms with van der Waals surface area (Å²) < 4.78 is 0. The number of anilines is 1. The number of aryl methyl sites for hydroxylation is 1. The van der Waals surface area contributed by atoms with E-state index in [2.05, 4.69) is 10.3 Å². The maximum atomic E-state index is 9.86. The molecule has 0 fully saturated rings. The van der Waals surface area contributed by atoms with E-state index in [-0.39, 0.29) is 6.04 Å². The van der Waals surface area contributed by atoms with Crippen molar-refractivity contribution in [3.63, 3.8) is 0 Å². The van der Waals surface area contributed by atoms with Crippen molar-refractivity contribution in [1.29, 1.82) is 0 Å². The van der Waals surface area contributed by atoms with Crippen molar-refractivity contribution in [2.24, 2.45) is 0 Å². The number of benzene rings is 1. The van der Waals surface area contributed by atoms with Gasteiger partial charge in [-0.15, -0.1) is 0 Å². The topological polar surface area (TPSA) is 45.1 Å². The Labute approximate surface area is 111 Å². The first kappa shape index (κ1) is 12.7. The van der Waals surface area contributed by atoms with Gasteiger partial charge in [-0.25, -0.2) is 4.98 Å². The van der Waals surface area contributed by atoms with Gasteiger partial charge in [-0.2, -0.15) is 0 Å². The molecule has 3 nitrogen and oxygen atoms in total. The third-order valence-corrected chi connectivity index (χ3v) is 2.97. The number of hydrogen-bond acceptors (Lipinski definition) is 3. The lowest BCUT2D eigenvalue weighted by Gasteiger charge is -2.17. The highest BCUT2D eigenvalue weighted by Crippen LogP contribution is 2.28. The maximum absolute atomic E-state index is 9.86. The average Bonchev–Trinajstić information content (AvgIpc) is 2.32. The smallest absolute Gasteiger partial charge is 0.131 e. The van der Waals surface area contributed by atoms with Crippen LogP contribution in [-0.4, -0.2) is 10.1 Å². The molecule has 94 valence electrons. The van der Waals surface area contributed by atoms with Gasteiger partial charge in [-0.1, -0.05) is 29.3 Å². The summed E-state index contributed by atoms with van der Waals surface area (Å²) in [6.07, 6.45) is 1.65. The van der Waals surface area contributed by atoms with Crippen LogP contribution in [0.15, 0.2) is 36.5 Å². The minimum Gasteiger partial charge on any atom is -0.508 e. The first-order chi connectivity index (χ1) is 8.56. The Hall–Kier alpha value is -1.74. The summed E-state index contributed by atoms with van der Waals surface area (Å²) in [5.74, 6) is 0.292. The van der Waals surface area contributed by atoms with E-state index in [1.807, 2.05) is 32.0 Å². The highest BCUT2D eigenvalue weighted by Gasteiger charge is 2.10. The van der Waals surface area contributed by atoms with E-state index in [9.17, 15) is 5.11 Å². The van der Waals surface area contributed by atoms with Gasteiger partial charge < -0.3 is 10.4 Å². The third-order valence-electron chi connectivity index (χ3n) is 2.76. The number of halogens is 1. The number of phenolic OH excluding ortho intramolecular Hbond substituents is 1. The first-order valence-corrected chi connectivity index (χ1v) is 6.11. The SMILES string of the molecule is Cc1ccc(O)c(C(C)Nc2ccnc(Cl)c2)c1. The van der Waals surface area contributed by atoms with Crippen LogP contribution in [0.25, 0.3) is 0 Å². The molecule has 1 aromatic carbocycles. The molecule has 18 heavy (non-hydrogen) atoms. The van der Waals surface area contributed by atoms with E-state index in [0.29, 0.717) is 10.9 Å². The molecule has 0 amide bonds. The molecule has 2 aromatic rings. The van der Waals surface area contributed by atoms with E-state index in [1.54, 1.807) is 18.3 Å². The molecule has 0 radical (unpaired) electrons. The van der Waals surface area contributed by atoms with Gasteiger partial charge >= 0.3 is 0 Å². The number of phenols is 1. The van der Waals surface area contributed by atoms with Gasteiger partial charge in [0, 0.05) is 17.4 Å². The Bertz CT molecular complexity index is 557. The lowest BCUT2D eigenvalue weighted by molar-refractivity contribution is 0.465. The van der Waals surface area contributed by atoms with Crippen LogP contribution in [0, 0.1) is 6.92 Å². The van der Waals surface area contributed by atoms with Crippen molar-refractivity contribution in [3.05, 3.63) is 52.8 Å². The van der Waals surface area contributed by atoms with E-state index in [1.165, 1.54) is 0 Å². The molecule has 0 aliphatic rings. The van der Waals surface area contributed by atoms with Crippen molar-refractivity contribution in [1.82, 2.24) is 4.98 Å². The zero-order valence-corrected chi connectivity index (χ0v) is 11.1. The predicted molar refractivity (Wildman–Crippen MR) is 74.1 cm³/mol. The van der Waals surface area contributed by atoms with Crippen LogP contribution < -0.4 is 5.32 Å². The third kappa shape index (κ3) is 2.93. The predicted octanol–water partition coefficient (Wildman–Crippen LogP) is 3.92. The summed E-state index contributed by atoms with van der Waals surface area (Å²) in [4.78, 5) is 3.93. The largest absolute Gasteiger partial charge is 0.508 e. The lowest BCUT2D eigenvalue weighted by atomic mass is 10.0. The normalized spacial score (nSPS) is 12.2. The Morgan fingerprint density at radius 1 is 1.28 bits per heavy atom. The molecular weight excluding hydrogens is 248 g/mol. The summed E-state index contributed by atoms with van der Waals surface area (Å²) in [5, 5.41) is 13.6. The molecule has 0 aliphatic heterocycles.